The molecular formula is C10H21NO. The van der Waals surface area contributed by atoms with Gasteiger partial charge in [-0.2, -0.15) is 0 Å². The molecule has 1 unspecified atom stereocenters. The van der Waals surface area contributed by atoms with Crippen LogP contribution in [-0.4, -0.2) is 37.2 Å². The first-order valence-corrected chi connectivity index (χ1v) is 4.92. The molecule has 1 rings (SSSR count). The van der Waals surface area contributed by atoms with Gasteiger partial charge in [0.25, 0.3) is 0 Å². The summed E-state index contributed by atoms with van der Waals surface area (Å²) in [7, 11) is 1.85. The van der Waals surface area contributed by atoms with Gasteiger partial charge in [-0.05, 0) is 18.9 Å². The van der Waals surface area contributed by atoms with E-state index < -0.39 is 0 Å². The van der Waals surface area contributed by atoms with E-state index in [1.54, 1.807) is 0 Å². The van der Waals surface area contributed by atoms with Crippen molar-refractivity contribution in [2.75, 3.05) is 26.7 Å². The molecule has 0 saturated carbocycles. The highest BCUT2D eigenvalue weighted by atomic mass is 16.5. The molecule has 1 fully saturated rings. The lowest BCUT2D eigenvalue weighted by Crippen LogP contribution is -2.40. The van der Waals surface area contributed by atoms with Gasteiger partial charge in [-0.25, -0.2) is 0 Å². The maximum absolute atomic E-state index is 5.65. The Morgan fingerprint density at radius 2 is 2.17 bits per heavy atom. The molecule has 0 N–H and O–H groups in total. The molecule has 0 aliphatic carbocycles. The third kappa shape index (κ3) is 1.64. The van der Waals surface area contributed by atoms with Crippen LogP contribution in [0, 0.1) is 5.92 Å². The summed E-state index contributed by atoms with van der Waals surface area (Å²) in [6.07, 6.45) is 1.19. The molecule has 0 bridgehead atoms. The van der Waals surface area contributed by atoms with Gasteiger partial charge in [0.15, 0.2) is 0 Å². The van der Waals surface area contributed by atoms with E-state index >= 15 is 0 Å². The van der Waals surface area contributed by atoms with E-state index in [2.05, 4.69) is 25.7 Å². The van der Waals surface area contributed by atoms with E-state index in [9.17, 15) is 0 Å². The third-order valence-corrected chi connectivity index (χ3v) is 3.25. The number of nitrogens with zero attached hydrogens (tertiary/aromatic N) is 1. The van der Waals surface area contributed by atoms with Crippen LogP contribution in [0.1, 0.15) is 27.2 Å². The van der Waals surface area contributed by atoms with E-state index in [0.29, 0.717) is 5.92 Å². The van der Waals surface area contributed by atoms with Crippen molar-refractivity contribution in [3.05, 3.63) is 0 Å². The van der Waals surface area contributed by atoms with E-state index in [4.69, 9.17) is 4.74 Å². The average Bonchev–Trinajstić information content (AvgIpc) is 2.48. The Kier molecular flexibility index (Phi) is 3.13. The molecule has 72 valence electrons. The normalized spacial score (nSPS) is 31.8. The van der Waals surface area contributed by atoms with Crippen LogP contribution in [0.5, 0.6) is 0 Å². The third-order valence-electron chi connectivity index (χ3n) is 3.25. The molecule has 0 aromatic heterocycles. The number of likely N-dealkylation sites (tertiary alicyclic amines) is 1. The van der Waals surface area contributed by atoms with Crippen molar-refractivity contribution in [1.29, 1.82) is 0 Å². The van der Waals surface area contributed by atoms with Crippen LogP contribution >= 0.6 is 0 Å². The Balaban J connectivity index is 2.59. The van der Waals surface area contributed by atoms with Crippen LogP contribution in [-0.2, 0) is 4.74 Å². The van der Waals surface area contributed by atoms with Crippen LogP contribution in [0.15, 0.2) is 0 Å². The van der Waals surface area contributed by atoms with Crippen molar-refractivity contribution in [1.82, 2.24) is 4.90 Å². The van der Waals surface area contributed by atoms with Crippen molar-refractivity contribution in [2.24, 2.45) is 5.92 Å². The van der Waals surface area contributed by atoms with E-state index in [-0.39, 0.29) is 5.60 Å². The zero-order chi connectivity index (χ0) is 9.19. The first-order valence-electron chi connectivity index (χ1n) is 4.92. The second-order valence-electron chi connectivity index (χ2n) is 4.04. The molecule has 0 aromatic rings. The van der Waals surface area contributed by atoms with Crippen LogP contribution in [0.2, 0.25) is 0 Å². The van der Waals surface area contributed by atoms with Crippen molar-refractivity contribution in [2.45, 2.75) is 32.8 Å². The Labute approximate surface area is 75.9 Å². The maximum atomic E-state index is 5.65. The molecule has 1 aliphatic heterocycles. The summed E-state index contributed by atoms with van der Waals surface area (Å²) in [6, 6.07) is 0. The predicted molar refractivity (Wildman–Crippen MR) is 51.3 cm³/mol. The number of ether oxygens (including phenoxy) is 1. The van der Waals surface area contributed by atoms with Gasteiger partial charge in [0, 0.05) is 20.2 Å². The summed E-state index contributed by atoms with van der Waals surface area (Å²) in [4.78, 5) is 2.46. The molecule has 0 radical (unpaired) electrons. The second-order valence-corrected chi connectivity index (χ2v) is 4.04. The topological polar surface area (TPSA) is 12.5 Å². The zero-order valence-corrected chi connectivity index (χ0v) is 8.76. The molecule has 1 aliphatic rings. The average molecular weight is 171 g/mol. The lowest BCUT2D eigenvalue weighted by molar-refractivity contribution is -0.0380. The Bertz CT molecular complexity index is 147. The summed E-state index contributed by atoms with van der Waals surface area (Å²) in [5.74, 6) is 0.624. The number of hydrogen-bond acceptors (Lipinski definition) is 2. The SMILES string of the molecule is CCN1CCC(OC)(C(C)C)C1. The van der Waals surface area contributed by atoms with Crippen molar-refractivity contribution >= 4 is 0 Å². The smallest absolute Gasteiger partial charge is 0.0839 e. The highest BCUT2D eigenvalue weighted by molar-refractivity contribution is 4.93. The van der Waals surface area contributed by atoms with Crippen molar-refractivity contribution in [3.63, 3.8) is 0 Å². The number of hydrogen-bond donors (Lipinski definition) is 0. The van der Waals surface area contributed by atoms with Crippen molar-refractivity contribution in [3.8, 4) is 0 Å². The summed E-state index contributed by atoms with van der Waals surface area (Å²) >= 11 is 0. The highest BCUT2D eigenvalue weighted by Crippen LogP contribution is 2.31. The molecule has 12 heavy (non-hydrogen) atoms. The van der Waals surface area contributed by atoms with E-state index in [1.807, 2.05) is 7.11 Å². The summed E-state index contributed by atoms with van der Waals surface area (Å²) in [6.45, 7) is 10.2. The molecule has 1 heterocycles. The quantitative estimate of drug-likeness (QED) is 0.641. The van der Waals surface area contributed by atoms with Gasteiger partial charge in [0.2, 0.25) is 0 Å². The monoisotopic (exact) mass is 171 g/mol. The molecule has 0 spiro atoms. The van der Waals surface area contributed by atoms with Gasteiger partial charge < -0.3 is 9.64 Å². The molecule has 2 nitrogen and oxygen atoms in total. The predicted octanol–water partition coefficient (Wildman–Crippen LogP) is 1.75. The van der Waals surface area contributed by atoms with Gasteiger partial charge in [0.1, 0.15) is 0 Å². The number of rotatable bonds is 3. The summed E-state index contributed by atoms with van der Waals surface area (Å²) in [5, 5.41) is 0. The number of methoxy groups -OCH3 is 1. The lowest BCUT2D eigenvalue weighted by atomic mass is 9.89. The lowest BCUT2D eigenvalue weighted by Gasteiger charge is -2.32. The second kappa shape index (κ2) is 3.75. The van der Waals surface area contributed by atoms with E-state index in [1.165, 1.54) is 13.0 Å². The Morgan fingerprint density at radius 3 is 2.42 bits per heavy atom. The Hall–Kier alpha value is -0.0800. The fourth-order valence-electron chi connectivity index (χ4n) is 2.03. The molecule has 1 saturated heterocycles. The molecule has 0 amide bonds. The fraction of sp³-hybridized carbons (Fsp3) is 1.00. The van der Waals surface area contributed by atoms with Crippen LogP contribution in [0.3, 0.4) is 0 Å². The summed E-state index contributed by atoms with van der Waals surface area (Å²) < 4.78 is 5.65. The summed E-state index contributed by atoms with van der Waals surface area (Å²) in [5.41, 5.74) is 0.135. The highest BCUT2D eigenvalue weighted by Gasteiger charge is 2.40. The Morgan fingerprint density at radius 1 is 1.50 bits per heavy atom. The maximum Gasteiger partial charge on any atom is 0.0839 e. The zero-order valence-electron chi connectivity index (χ0n) is 8.76. The van der Waals surface area contributed by atoms with Crippen LogP contribution < -0.4 is 0 Å². The minimum absolute atomic E-state index is 0.135. The first kappa shape index (κ1) is 10.0. The van der Waals surface area contributed by atoms with Crippen LogP contribution in [0.25, 0.3) is 0 Å². The molecular weight excluding hydrogens is 150 g/mol. The van der Waals surface area contributed by atoms with Crippen LogP contribution in [0.4, 0.5) is 0 Å². The first-order chi connectivity index (χ1) is 5.64. The van der Waals surface area contributed by atoms with Gasteiger partial charge >= 0.3 is 0 Å². The molecule has 0 aromatic carbocycles. The standard InChI is InChI=1S/C10H21NO/c1-5-11-7-6-10(8-11,12-4)9(2)3/h9H,5-8H2,1-4H3. The minimum Gasteiger partial charge on any atom is -0.377 e. The molecule has 1 atom stereocenters. The molecule has 2 heteroatoms. The fourth-order valence-corrected chi connectivity index (χ4v) is 2.03. The van der Waals surface area contributed by atoms with Crippen molar-refractivity contribution < 1.29 is 4.74 Å². The number of likely N-dealkylation sites (N-methyl/N-ethyl adjacent to an activating group) is 1. The van der Waals surface area contributed by atoms with Gasteiger partial charge in [-0.1, -0.05) is 20.8 Å². The van der Waals surface area contributed by atoms with Gasteiger partial charge in [0.05, 0.1) is 5.60 Å². The van der Waals surface area contributed by atoms with Gasteiger partial charge in [-0.15, -0.1) is 0 Å². The minimum atomic E-state index is 0.135. The van der Waals surface area contributed by atoms with E-state index in [0.717, 1.165) is 13.1 Å². The largest absolute Gasteiger partial charge is 0.377 e. The van der Waals surface area contributed by atoms with Gasteiger partial charge in [-0.3, -0.25) is 0 Å².